The molecule has 0 aliphatic heterocycles. The van der Waals surface area contributed by atoms with E-state index in [1.165, 1.54) is 0 Å². The van der Waals surface area contributed by atoms with E-state index in [9.17, 15) is 4.79 Å². The molecule has 0 atom stereocenters. The van der Waals surface area contributed by atoms with Crippen molar-refractivity contribution in [3.05, 3.63) is 58.6 Å². The van der Waals surface area contributed by atoms with Crippen LogP contribution in [-0.4, -0.2) is 5.91 Å². The minimum absolute atomic E-state index is 0.259. The minimum atomic E-state index is -0.473. The second kappa shape index (κ2) is 5.63. The average molecular weight is 277 g/mol. The number of nitrogen functional groups attached to an aromatic ring is 1. The van der Waals surface area contributed by atoms with Crippen molar-refractivity contribution >= 4 is 23.2 Å². The zero-order chi connectivity index (χ0) is 13.8. The maximum absolute atomic E-state index is 11.1. The SMILES string of the molecule is NC(=O)c1cccc(COc2c(N)cccc2Cl)c1. The van der Waals surface area contributed by atoms with Gasteiger partial charge in [-0.05, 0) is 29.8 Å². The number of anilines is 1. The molecular formula is C14H13ClN2O2. The molecule has 0 radical (unpaired) electrons. The number of carbonyl (C=O) groups excluding carboxylic acids is 1. The van der Waals surface area contributed by atoms with Crippen molar-refractivity contribution in [2.24, 2.45) is 5.73 Å². The Morgan fingerprint density at radius 2 is 1.95 bits per heavy atom. The molecule has 1 amide bonds. The molecule has 0 saturated carbocycles. The molecule has 2 aromatic rings. The highest BCUT2D eigenvalue weighted by Crippen LogP contribution is 2.31. The van der Waals surface area contributed by atoms with E-state index in [2.05, 4.69) is 0 Å². The van der Waals surface area contributed by atoms with Crippen LogP contribution in [0.5, 0.6) is 5.75 Å². The number of ether oxygens (including phenoxy) is 1. The summed E-state index contributed by atoms with van der Waals surface area (Å²) in [6.45, 7) is 0.259. The molecular weight excluding hydrogens is 264 g/mol. The molecule has 0 bridgehead atoms. The Kier molecular flexibility index (Phi) is 3.92. The summed E-state index contributed by atoms with van der Waals surface area (Å²) in [6.07, 6.45) is 0. The van der Waals surface area contributed by atoms with Crippen LogP contribution < -0.4 is 16.2 Å². The van der Waals surface area contributed by atoms with Gasteiger partial charge in [-0.3, -0.25) is 4.79 Å². The molecule has 2 aromatic carbocycles. The fourth-order valence-electron chi connectivity index (χ4n) is 1.65. The van der Waals surface area contributed by atoms with E-state index in [1.807, 2.05) is 6.07 Å². The van der Waals surface area contributed by atoms with Crippen LogP contribution in [0.15, 0.2) is 42.5 Å². The molecule has 0 aromatic heterocycles. The van der Waals surface area contributed by atoms with Gasteiger partial charge in [-0.15, -0.1) is 0 Å². The number of carbonyl (C=O) groups is 1. The molecule has 0 heterocycles. The van der Waals surface area contributed by atoms with E-state index in [-0.39, 0.29) is 6.61 Å². The number of amides is 1. The van der Waals surface area contributed by atoms with Crippen LogP contribution >= 0.6 is 11.6 Å². The third-order valence-corrected chi connectivity index (χ3v) is 2.89. The fourth-order valence-corrected chi connectivity index (χ4v) is 1.88. The Hall–Kier alpha value is -2.20. The molecule has 2 rings (SSSR count). The molecule has 98 valence electrons. The lowest BCUT2D eigenvalue weighted by Gasteiger charge is -2.10. The highest BCUT2D eigenvalue weighted by Gasteiger charge is 2.07. The largest absolute Gasteiger partial charge is 0.485 e. The van der Waals surface area contributed by atoms with Gasteiger partial charge in [-0.1, -0.05) is 29.8 Å². The van der Waals surface area contributed by atoms with Crippen LogP contribution in [0.4, 0.5) is 5.69 Å². The molecule has 0 aliphatic rings. The van der Waals surface area contributed by atoms with E-state index in [1.54, 1.807) is 36.4 Å². The summed E-state index contributed by atoms with van der Waals surface area (Å²) in [5.41, 5.74) is 12.7. The van der Waals surface area contributed by atoms with Gasteiger partial charge in [0.2, 0.25) is 5.91 Å². The van der Waals surface area contributed by atoms with Gasteiger partial charge in [0.25, 0.3) is 0 Å². The Morgan fingerprint density at radius 3 is 2.63 bits per heavy atom. The monoisotopic (exact) mass is 276 g/mol. The zero-order valence-electron chi connectivity index (χ0n) is 10.1. The zero-order valence-corrected chi connectivity index (χ0v) is 10.9. The summed E-state index contributed by atoms with van der Waals surface area (Å²) in [7, 11) is 0. The van der Waals surface area contributed by atoms with E-state index in [0.717, 1.165) is 5.56 Å². The second-order valence-electron chi connectivity index (χ2n) is 4.01. The highest BCUT2D eigenvalue weighted by atomic mass is 35.5. The quantitative estimate of drug-likeness (QED) is 0.843. The van der Waals surface area contributed by atoms with Crippen LogP contribution in [0.1, 0.15) is 15.9 Å². The standard InChI is InChI=1S/C14H13ClN2O2/c15-11-5-2-6-12(16)13(11)19-8-9-3-1-4-10(7-9)14(17)18/h1-7H,8,16H2,(H2,17,18). The maximum Gasteiger partial charge on any atom is 0.248 e. The molecule has 0 fully saturated rings. The van der Waals surface area contributed by atoms with Crippen LogP contribution in [-0.2, 0) is 6.61 Å². The lowest BCUT2D eigenvalue weighted by atomic mass is 10.1. The van der Waals surface area contributed by atoms with Crippen molar-refractivity contribution in [1.29, 1.82) is 0 Å². The molecule has 0 unspecified atom stereocenters. The van der Waals surface area contributed by atoms with Crippen molar-refractivity contribution in [2.45, 2.75) is 6.61 Å². The summed E-state index contributed by atoms with van der Waals surface area (Å²) < 4.78 is 5.58. The molecule has 19 heavy (non-hydrogen) atoms. The van der Waals surface area contributed by atoms with Gasteiger partial charge < -0.3 is 16.2 Å². The van der Waals surface area contributed by atoms with Gasteiger partial charge in [0.05, 0.1) is 10.7 Å². The van der Waals surface area contributed by atoms with Crippen molar-refractivity contribution in [3.8, 4) is 5.75 Å². The first kappa shape index (κ1) is 13.2. The number of hydrogen-bond acceptors (Lipinski definition) is 3. The van der Waals surface area contributed by atoms with Gasteiger partial charge in [-0.2, -0.15) is 0 Å². The van der Waals surface area contributed by atoms with Crippen LogP contribution in [0.3, 0.4) is 0 Å². The Balaban J connectivity index is 2.15. The Bertz CT molecular complexity index is 594. The number of hydrogen-bond donors (Lipinski definition) is 2. The fraction of sp³-hybridized carbons (Fsp3) is 0.0714. The first-order valence-electron chi connectivity index (χ1n) is 5.63. The Labute approximate surface area is 115 Å². The predicted molar refractivity (Wildman–Crippen MR) is 75.2 cm³/mol. The molecule has 0 spiro atoms. The summed E-state index contributed by atoms with van der Waals surface area (Å²) >= 11 is 6.00. The number of para-hydroxylation sites is 1. The van der Waals surface area contributed by atoms with Gasteiger partial charge in [0.15, 0.2) is 5.75 Å². The maximum atomic E-state index is 11.1. The summed E-state index contributed by atoms with van der Waals surface area (Å²) in [5, 5.41) is 0.450. The second-order valence-corrected chi connectivity index (χ2v) is 4.42. The van der Waals surface area contributed by atoms with E-state index in [0.29, 0.717) is 22.0 Å². The topological polar surface area (TPSA) is 78.3 Å². The third kappa shape index (κ3) is 3.17. The van der Waals surface area contributed by atoms with Crippen molar-refractivity contribution < 1.29 is 9.53 Å². The summed E-state index contributed by atoms with van der Waals surface area (Å²) in [4.78, 5) is 11.1. The van der Waals surface area contributed by atoms with Gasteiger partial charge in [-0.25, -0.2) is 0 Å². The average Bonchev–Trinajstić information content (AvgIpc) is 2.38. The predicted octanol–water partition coefficient (Wildman–Crippen LogP) is 2.60. The van der Waals surface area contributed by atoms with Crippen molar-refractivity contribution in [1.82, 2.24) is 0 Å². The lowest BCUT2D eigenvalue weighted by molar-refractivity contribution is 0.1000. The molecule has 5 heteroatoms. The van der Waals surface area contributed by atoms with Gasteiger partial charge in [0, 0.05) is 5.56 Å². The van der Waals surface area contributed by atoms with Crippen LogP contribution in [0.25, 0.3) is 0 Å². The number of nitrogens with two attached hydrogens (primary N) is 2. The van der Waals surface area contributed by atoms with E-state index in [4.69, 9.17) is 27.8 Å². The van der Waals surface area contributed by atoms with E-state index >= 15 is 0 Å². The third-order valence-electron chi connectivity index (χ3n) is 2.59. The van der Waals surface area contributed by atoms with Crippen molar-refractivity contribution in [3.63, 3.8) is 0 Å². The number of primary amides is 1. The number of rotatable bonds is 4. The molecule has 0 saturated heterocycles. The normalized spacial score (nSPS) is 10.2. The number of benzene rings is 2. The first-order valence-corrected chi connectivity index (χ1v) is 6.01. The molecule has 4 N–H and O–H groups in total. The lowest BCUT2D eigenvalue weighted by Crippen LogP contribution is -2.11. The summed E-state index contributed by atoms with van der Waals surface area (Å²) in [6, 6.07) is 12.1. The molecule has 4 nitrogen and oxygen atoms in total. The van der Waals surface area contributed by atoms with Crippen LogP contribution in [0.2, 0.25) is 5.02 Å². The smallest absolute Gasteiger partial charge is 0.248 e. The first-order chi connectivity index (χ1) is 9.08. The van der Waals surface area contributed by atoms with E-state index < -0.39 is 5.91 Å². The molecule has 0 aliphatic carbocycles. The summed E-state index contributed by atoms with van der Waals surface area (Å²) in [5.74, 6) is -0.0345. The van der Waals surface area contributed by atoms with Gasteiger partial charge in [0.1, 0.15) is 6.61 Å². The Morgan fingerprint density at radius 1 is 1.21 bits per heavy atom. The van der Waals surface area contributed by atoms with Crippen molar-refractivity contribution in [2.75, 3.05) is 5.73 Å². The highest BCUT2D eigenvalue weighted by molar-refractivity contribution is 6.32. The number of halogens is 1. The van der Waals surface area contributed by atoms with Crippen LogP contribution in [0, 0.1) is 0 Å². The van der Waals surface area contributed by atoms with Gasteiger partial charge >= 0.3 is 0 Å². The minimum Gasteiger partial charge on any atom is -0.485 e.